The van der Waals surface area contributed by atoms with Gasteiger partial charge in [-0.05, 0) is 32.7 Å². The van der Waals surface area contributed by atoms with Crippen molar-refractivity contribution in [3.63, 3.8) is 0 Å². The van der Waals surface area contributed by atoms with Crippen LogP contribution in [-0.2, 0) is 33.3 Å². The maximum absolute atomic E-state index is 12.2. The first-order valence-electron chi connectivity index (χ1n) is 7.76. The second-order valence-electron chi connectivity index (χ2n) is 6.67. The zero-order chi connectivity index (χ0) is 19.2. The fourth-order valence-electron chi connectivity index (χ4n) is 2.10. The highest BCUT2D eigenvalue weighted by Gasteiger charge is 2.44. The summed E-state index contributed by atoms with van der Waals surface area (Å²) in [4.78, 5) is 37.2. The van der Waals surface area contributed by atoms with Crippen LogP contribution in [-0.4, -0.2) is 49.1 Å². The summed E-state index contributed by atoms with van der Waals surface area (Å²) in [5, 5.41) is 3.63. The molecule has 10 nitrogen and oxygen atoms in total. The third kappa shape index (κ3) is 6.60. The molecule has 10 heteroatoms. The molecule has 1 rings (SSSR count). The summed E-state index contributed by atoms with van der Waals surface area (Å²) in [5.74, 6) is -1.72. The van der Waals surface area contributed by atoms with Gasteiger partial charge in [-0.2, -0.15) is 0 Å². The zero-order valence-electron chi connectivity index (χ0n) is 14.9. The maximum atomic E-state index is 12.2. The Bertz CT molecular complexity index is 566. The SMILES string of the molecule is CC(=O)OC[C@@H]1C[C@H](N=[N+]=[N-])[C@@H](OC(=O)C(C)(C)C)[C@@H](OC(C)=O)O1. The average Bonchev–Trinajstić information content (AvgIpc) is 2.46. The minimum Gasteiger partial charge on any atom is -0.463 e. The van der Waals surface area contributed by atoms with E-state index in [9.17, 15) is 14.4 Å². The predicted molar refractivity (Wildman–Crippen MR) is 83.9 cm³/mol. The van der Waals surface area contributed by atoms with Gasteiger partial charge in [-0.25, -0.2) is 0 Å². The molecule has 1 fully saturated rings. The van der Waals surface area contributed by atoms with Gasteiger partial charge in [0.25, 0.3) is 0 Å². The van der Waals surface area contributed by atoms with Gasteiger partial charge < -0.3 is 18.9 Å². The number of esters is 3. The van der Waals surface area contributed by atoms with Crippen LogP contribution in [0.5, 0.6) is 0 Å². The number of hydrogen-bond acceptors (Lipinski definition) is 8. The number of carbonyl (C=O) groups is 3. The molecule has 0 amide bonds. The van der Waals surface area contributed by atoms with Crippen molar-refractivity contribution in [2.24, 2.45) is 10.5 Å². The largest absolute Gasteiger partial charge is 0.463 e. The van der Waals surface area contributed by atoms with Gasteiger partial charge in [0.1, 0.15) is 6.61 Å². The smallest absolute Gasteiger partial charge is 0.311 e. The van der Waals surface area contributed by atoms with Crippen LogP contribution in [0.25, 0.3) is 10.4 Å². The highest BCUT2D eigenvalue weighted by atomic mass is 16.7. The maximum Gasteiger partial charge on any atom is 0.311 e. The lowest BCUT2D eigenvalue weighted by Gasteiger charge is -2.39. The summed E-state index contributed by atoms with van der Waals surface area (Å²) in [6, 6.07) is -0.838. The van der Waals surface area contributed by atoms with Crippen molar-refractivity contribution in [1.29, 1.82) is 0 Å². The number of ether oxygens (including phenoxy) is 4. The van der Waals surface area contributed by atoms with Crippen LogP contribution in [0.2, 0.25) is 0 Å². The molecule has 0 aromatic heterocycles. The van der Waals surface area contributed by atoms with E-state index in [1.54, 1.807) is 20.8 Å². The van der Waals surface area contributed by atoms with Gasteiger partial charge in [0.15, 0.2) is 6.10 Å². The van der Waals surface area contributed by atoms with Crippen LogP contribution in [0.4, 0.5) is 0 Å². The summed E-state index contributed by atoms with van der Waals surface area (Å²) in [6.45, 7) is 7.28. The van der Waals surface area contributed by atoms with E-state index < -0.39 is 47.9 Å². The molecule has 25 heavy (non-hydrogen) atoms. The van der Waals surface area contributed by atoms with E-state index in [1.807, 2.05) is 0 Å². The van der Waals surface area contributed by atoms with E-state index >= 15 is 0 Å². The predicted octanol–water partition coefficient (Wildman–Crippen LogP) is 1.86. The number of carbonyl (C=O) groups excluding carboxylic acids is 3. The molecule has 0 aromatic carbocycles. The quantitative estimate of drug-likeness (QED) is 0.241. The monoisotopic (exact) mass is 357 g/mol. The number of hydrogen-bond donors (Lipinski definition) is 0. The van der Waals surface area contributed by atoms with E-state index in [1.165, 1.54) is 13.8 Å². The van der Waals surface area contributed by atoms with Crippen LogP contribution >= 0.6 is 0 Å². The Hall–Kier alpha value is -2.32. The highest BCUT2D eigenvalue weighted by molar-refractivity contribution is 5.75. The zero-order valence-corrected chi connectivity index (χ0v) is 14.9. The van der Waals surface area contributed by atoms with Crippen LogP contribution in [0.3, 0.4) is 0 Å². The molecule has 0 bridgehead atoms. The Kier molecular flexibility index (Phi) is 7.20. The van der Waals surface area contributed by atoms with Crippen molar-refractivity contribution in [1.82, 2.24) is 0 Å². The highest BCUT2D eigenvalue weighted by Crippen LogP contribution is 2.29. The van der Waals surface area contributed by atoms with E-state index in [2.05, 4.69) is 10.0 Å². The van der Waals surface area contributed by atoms with Crippen molar-refractivity contribution >= 4 is 17.9 Å². The van der Waals surface area contributed by atoms with Crippen molar-refractivity contribution in [2.45, 2.75) is 65.6 Å². The van der Waals surface area contributed by atoms with Gasteiger partial charge >= 0.3 is 17.9 Å². The Balaban J connectivity index is 3.02. The Morgan fingerprint density at radius 3 is 2.32 bits per heavy atom. The van der Waals surface area contributed by atoms with E-state index in [0.29, 0.717) is 0 Å². The van der Waals surface area contributed by atoms with Crippen LogP contribution in [0, 0.1) is 5.41 Å². The third-order valence-electron chi connectivity index (χ3n) is 3.29. The lowest BCUT2D eigenvalue weighted by Crippen LogP contribution is -2.53. The number of azide groups is 1. The van der Waals surface area contributed by atoms with Crippen LogP contribution in [0.1, 0.15) is 41.0 Å². The topological polar surface area (TPSA) is 137 Å². The second kappa shape index (κ2) is 8.68. The molecule has 1 saturated heterocycles. The summed E-state index contributed by atoms with van der Waals surface area (Å²) < 4.78 is 20.9. The molecule has 0 aliphatic carbocycles. The van der Waals surface area contributed by atoms with Crippen molar-refractivity contribution in [3.8, 4) is 0 Å². The van der Waals surface area contributed by atoms with Gasteiger partial charge in [0.2, 0.25) is 6.29 Å². The minimum atomic E-state index is -1.27. The lowest BCUT2D eigenvalue weighted by atomic mass is 9.96. The molecule has 140 valence electrons. The van der Waals surface area contributed by atoms with Gasteiger partial charge in [0, 0.05) is 18.8 Å². The first-order valence-corrected chi connectivity index (χ1v) is 7.76. The minimum absolute atomic E-state index is 0.107. The van der Waals surface area contributed by atoms with E-state index in [-0.39, 0.29) is 13.0 Å². The molecule has 1 aliphatic heterocycles. The first kappa shape index (κ1) is 20.7. The lowest BCUT2D eigenvalue weighted by molar-refractivity contribution is -0.252. The van der Waals surface area contributed by atoms with Crippen LogP contribution in [0.15, 0.2) is 5.11 Å². The fourth-order valence-corrected chi connectivity index (χ4v) is 2.10. The molecule has 0 unspecified atom stereocenters. The first-order chi connectivity index (χ1) is 11.5. The van der Waals surface area contributed by atoms with Gasteiger partial charge in [-0.15, -0.1) is 0 Å². The van der Waals surface area contributed by atoms with Gasteiger partial charge in [0.05, 0.1) is 17.6 Å². The molecular weight excluding hydrogens is 334 g/mol. The molecule has 0 aromatic rings. The van der Waals surface area contributed by atoms with Crippen molar-refractivity contribution in [2.75, 3.05) is 6.61 Å². The summed E-state index contributed by atoms with van der Waals surface area (Å²) in [7, 11) is 0. The summed E-state index contributed by atoms with van der Waals surface area (Å²) in [6.07, 6.45) is -2.90. The molecule has 0 radical (unpaired) electrons. The molecule has 1 aliphatic rings. The summed E-state index contributed by atoms with van der Waals surface area (Å²) in [5.41, 5.74) is 7.98. The Labute approximate surface area is 145 Å². The molecular formula is C15H23N3O7. The van der Waals surface area contributed by atoms with Crippen molar-refractivity contribution in [3.05, 3.63) is 10.4 Å². The van der Waals surface area contributed by atoms with Gasteiger partial charge in [-0.3, -0.25) is 14.4 Å². The summed E-state index contributed by atoms with van der Waals surface area (Å²) >= 11 is 0. The Morgan fingerprint density at radius 2 is 1.84 bits per heavy atom. The Morgan fingerprint density at radius 1 is 1.20 bits per heavy atom. The standard InChI is InChI=1S/C15H23N3O7/c1-8(19)22-7-10-6-11(17-18-16)12(13(24-10)23-9(2)20)25-14(21)15(3,4)5/h10-13H,6-7H2,1-5H3/t10-,11-,12+,13-/m0/s1. The van der Waals surface area contributed by atoms with Gasteiger partial charge in [-0.1, -0.05) is 5.11 Å². The second-order valence-corrected chi connectivity index (χ2v) is 6.67. The molecule has 4 atom stereocenters. The van der Waals surface area contributed by atoms with E-state index in [0.717, 1.165) is 0 Å². The fraction of sp³-hybridized carbons (Fsp3) is 0.800. The number of rotatable bonds is 5. The molecule has 0 saturated carbocycles. The number of nitrogens with zero attached hydrogens (tertiary/aromatic N) is 3. The normalized spacial score (nSPS) is 26.1. The van der Waals surface area contributed by atoms with Crippen LogP contribution < -0.4 is 0 Å². The molecule has 0 N–H and O–H groups in total. The van der Waals surface area contributed by atoms with E-state index in [4.69, 9.17) is 24.5 Å². The molecule has 1 heterocycles. The average molecular weight is 357 g/mol. The van der Waals surface area contributed by atoms with Crippen molar-refractivity contribution < 1.29 is 33.3 Å². The third-order valence-corrected chi connectivity index (χ3v) is 3.29. The molecule has 0 spiro atoms.